The van der Waals surface area contributed by atoms with Gasteiger partial charge in [-0.25, -0.2) is 0 Å². The van der Waals surface area contributed by atoms with E-state index in [0.29, 0.717) is 17.4 Å². The number of hydrogen-bond donors (Lipinski definition) is 1. The van der Waals surface area contributed by atoms with E-state index in [0.717, 1.165) is 21.7 Å². The highest BCUT2D eigenvalue weighted by Gasteiger charge is 2.19. The van der Waals surface area contributed by atoms with E-state index in [-0.39, 0.29) is 5.54 Å². The predicted molar refractivity (Wildman–Crippen MR) is 105 cm³/mol. The maximum atomic E-state index is 6.49. The summed E-state index contributed by atoms with van der Waals surface area (Å²) in [6.45, 7) is 5.50. The lowest BCUT2D eigenvalue weighted by Gasteiger charge is -2.26. The van der Waals surface area contributed by atoms with Gasteiger partial charge in [-0.1, -0.05) is 53.5 Å². The molecule has 0 fully saturated rings. The van der Waals surface area contributed by atoms with Gasteiger partial charge in [0, 0.05) is 22.3 Å². The summed E-state index contributed by atoms with van der Waals surface area (Å²) in [4.78, 5) is 1.21. The molecular formula is C19H19Cl2NOS. The molecule has 0 saturated heterocycles. The molecule has 0 amide bonds. The van der Waals surface area contributed by atoms with Crippen molar-refractivity contribution >= 4 is 45.3 Å². The van der Waals surface area contributed by atoms with Gasteiger partial charge in [-0.2, -0.15) is 0 Å². The summed E-state index contributed by atoms with van der Waals surface area (Å²) < 4.78 is 6.80. The van der Waals surface area contributed by atoms with Crippen molar-refractivity contribution < 1.29 is 4.74 Å². The molecular weight excluding hydrogens is 361 g/mol. The first-order valence-electron chi connectivity index (χ1n) is 7.74. The minimum atomic E-state index is -0.189. The number of thiophene rings is 1. The molecule has 0 saturated carbocycles. The van der Waals surface area contributed by atoms with Gasteiger partial charge in [-0.05, 0) is 37.4 Å². The van der Waals surface area contributed by atoms with Crippen LogP contribution in [-0.4, -0.2) is 12.1 Å². The van der Waals surface area contributed by atoms with Crippen molar-refractivity contribution in [1.29, 1.82) is 0 Å². The average Bonchev–Trinajstić information content (AvgIpc) is 2.98. The van der Waals surface area contributed by atoms with E-state index in [9.17, 15) is 0 Å². The lowest BCUT2D eigenvalue weighted by atomic mass is 10.1. The number of ether oxygens (including phenoxy) is 1. The number of halogens is 2. The maximum Gasteiger partial charge on any atom is 0.138 e. The van der Waals surface area contributed by atoms with Crippen molar-refractivity contribution in [1.82, 2.24) is 5.32 Å². The average molecular weight is 380 g/mol. The van der Waals surface area contributed by atoms with Crippen molar-refractivity contribution in [3.8, 4) is 5.75 Å². The predicted octanol–water partition coefficient (Wildman–Crippen LogP) is 6.16. The normalized spacial score (nSPS) is 11.8. The monoisotopic (exact) mass is 379 g/mol. The van der Waals surface area contributed by atoms with Gasteiger partial charge >= 0.3 is 0 Å². The molecule has 0 atom stereocenters. The van der Waals surface area contributed by atoms with Crippen LogP contribution in [0.1, 0.15) is 18.7 Å². The third kappa shape index (κ3) is 4.22. The van der Waals surface area contributed by atoms with E-state index in [1.165, 1.54) is 4.88 Å². The number of fused-ring (bicyclic) bond motifs is 1. The number of benzene rings is 2. The zero-order valence-corrected chi connectivity index (χ0v) is 15.9. The van der Waals surface area contributed by atoms with Gasteiger partial charge in [0.1, 0.15) is 12.4 Å². The molecule has 3 rings (SSSR count). The molecule has 5 heteroatoms. The Kier molecular flexibility index (Phi) is 5.36. The standard InChI is InChI=1S/C19H19Cl2NOS/c1-19(2,22-11-14-8-10-17(20)24-14)12-23-16-9-7-13-5-3-4-6-15(13)18(16)21/h3-10,22H,11-12H2,1-2H3. The van der Waals surface area contributed by atoms with Crippen LogP contribution in [0.3, 0.4) is 0 Å². The highest BCUT2D eigenvalue weighted by atomic mass is 35.5. The van der Waals surface area contributed by atoms with Gasteiger partial charge in [0.15, 0.2) is 0 Å². The Morgan fingerprint density at radius 2 is 1.83 bits per heavy atom. The Labute approximate surface area is 156 Å². The Morgan fingerprint density at radius 3 is 2.58 bits per heavy atom. The zero-order valence-electron chi connectivity index (χ0n) is 13.6. The van der Waals surface area contributed by atoms with Gasteiger partial charge in [0.2, 0.25) is 0 Å². The van der Waals surface area contributed by atoms with E-state index in [1.807, 2.05) is 48.5 Å². The molecule has 24 heavy (non-hydrogen) atoms. The molecule has 0 spiro atoms. The highest BCUT2D eigenvalue weighted by Crippen LogP contribution is 2.33. The van der Waals surface area contributed by atoms with Crippen LogP contribution in [-0.2, 0) is 6.54 Å². The van der Waals surface area contributed by atoms with Crippen LogP contribution in [0.25, 0.3) is 10.8 Å². The van der Waals surface area contributed by atoms with Crippen LogP contribution in [0, 0.1) is 0 Å². The molecule has 0 aliphatic heterocycles. The van der Waals surface area contributed by atoms with Gasteiger partial charge in [0.05, 0.1) is 9.36 Å². The molecule has 0 aliphatic carbocycles. The zero-order chi connectivity index (χ0) is 17.2. The minimum Gasteiger partial charge on any atom is -0.490 e. The quantitative estimate of drug-likeness (QED) is 0.553. The fraction of sp³-hybridized carbons (Fsp3) is 0.263. The van der Waals surface area contributed by atoms with Crippen molar-refractivity contribution in [2.75, 3.05) is 6.61 Å². The van der Waals surface area contributed by atoms with Crippen molar-refractivity contribution in [2.45, 2.75) is 25.9 Å². The molecule has 0 radical (unpaired) electrons. The molecule has 2 aromatic carbocycles. The second kappa shape index (κ2) is 7.32. The van der Waals surface area contributed by atoms with Gasteiger partial charge in [0.25, 0.3) is 0 Å². The molecule has 2 nitrogen and oxygen atoms in total. The first kappa shape index (κ1) is 17.6. The Bertz CT molecular complexity index is 844. The molecule has 0 bridgehead atoms. The molecule has 3 aromatic rings. The first-order chi connectivity index (χ1) is 11.4. The third-order valence-corrected chi connectivity index (χ3v) is 5.41. The van der Waals surface area contributed by atoms with Gasteiger partial charge in [-0.3, -0.25) is 0 Å². The van der Waals surface area contributed by atoms with Crippen LogP contribution in [0.5, 0.6) is 5.75 Å². The smallest absolute Gasteiger partial charge is 0.138 e. The summed E-state index contributed by atoms with van der Waals surface area (Å²) >= 11 is 14.0. The lowest BCUT2D eigenvalue weighted by Crippen LogP contribution is -2.44. The Balaban J connectivity index is 1.64. The summed E-state index contributed by atoms with van der Waals surface area (Å²) in [5, 5.41) is 6.28. The van der Waals surface area contributed by atoms with Crippen LogP contribution in [0.15, 0.2) is 48.5 Å². The molecule has 1 N–H and O–H groups in total. The summed E-state index contributed by atoms with van der Waals surface area (Å²) in [6.07, 6.45) is 0. The summed E-state index contributed by atoms with van der Waals surface area (Å²) in [6, 6.07) is 16.0. The number of rotatable bonds is 6. The van der Waals surface area contributed by atoms with E-state index >= 15 is 0 Å². The maximum absolute atomic E-state index is 6.49. The topological polar surface area (TPSA) is 21.3 Å². The van der Waals surface area contributed by atoms with Crippen molar-refractivity contribution in [2.24, 2.45) is 0 Å². The Morgan fingerprint density at radius 1 is 1.04 bits per heavy atom. The molecule has 0 aliphatic rings. The molecule has 1 heterocycles. The fourth-order valence-corrected chi connectivity index (χ4v) is 3.72. The van der Waals surface area contributed by atoms with Crippen LogP contribution < -0.4 is 10.1 Å². The summed E-state index contributed by atoms with van der Waals surface area (Å²) in [5.41, 5.74) is -0.189. The number of hydrogen-bond acceptors (Lipinski definition) is 3. The third-order valence-electron chi connectivity index (χ3n) is 3.79. The first-order valence-corrected chi connectivity index (χ1v) is 9.31. The Hall–Kier alpha value is -1.26. The SMILES string of the molecule is CC(C)(COc1ccc2ccccc2c1Cl)NCc1ccc(Cl)s1. The van der Waals surface area contributed by atoms with Crippen LogP contribution >= 0.6 is 34.5 Å². The number of nitrogens with one attached hydrogen (secondary N) is 1. The van der Waals surface area contributed by atoms with Crippen molar-refractivity contribution in [3.63, 3.8) is 0 Å². The summed E-state index contributed by atoms with van der Waals surface area (Å²) in [5.74, 6) is 0.712. The minimum absolute atomic E-state index is 0.189. The van der Waals surface area contributed by atoms with Crippen LogP contribution in [0.4, 0.5) is 0 Å². The van der Waals surface area contributed by atoms with E-state index in [1.54, 1.807) is 11.3 Å². The summed E-state index contributed by atoms with van der Waals surface area (Å²) in [7, 11) is 0. The highest BCUT2D eigenvalue weighted by molar-refractivity contribution is 7.16. The second-order valence-electron chi connectivity index (χ2n) is 6.33. The molecule has 0 unspecified atom stereocenters. The largest absolute Gasteiger partial charge is 0.490 e. The molecule has 126 valence electrons. The van der Waals surface area contributed by atoms with Crippen LogP contribution in [0.2, 0.25) is 9.36 Å². The van der Waals surface area contributed by atoms with E-state index < -0.39 is 0 Å². The van der Waals surface area contributed by atoms with Gasteiger partial charge < -0.3 is 10.1 Å². The lowest BCUT2D eigenvalue weighted by molar-refractivity contribution is 0.208. The fourth-order valence-electron chi connectivity index (χ4n) is 2.41. The second-order valence-corrected chi connectivity index (χ2v) is 8.51. The van der Waals surface area contributed by atoms with E-state index in [4.69, 9.17) is 27.9 Å². The molecule has 1 aromatic heterocycles. The van der Waals surface area contributed by atoms with E-state index in [2.05, 4.69) is 19.2 Å². The van der Waals surface area contributed by atoms with Gasteiger partial charge in [-0.15, -0.1) is 11.3 Å². The van der Waals surface area contributed by atoms with Crippen molar-refractivity contribution in [3.05, 3.63) is 62.8 Å².